The van der Waals surface area contributed by atoms with Crippen LogP contribution in [-0.4, -0.2) is 107 Å². The molecule has 6 amide bonds. The maximum atomic E-state index is 14.7. The molecule has 0 spiro atoms. The van der Waals surface area contributed by atoms with Crippen LogP contribution in [0.5, 0.6) is 5.88 Å². The fraction of sp³-hybridized carbons (Fsp3) is 0.692. The highest BCUT2D eigenvalue weighted by Crippen LogP contribution is 2.30. The SMILES string of the molecule is CCC[C@H](NC(=O)[C@@H]1C[C@@H](Oc2ccc(C)cn2)CN1C(=O)[C@@H](NC(=O)[C@@H](NC(=O)[C@H](C)NC(=O)OC)C1CCCCC1)C(C)(C)C)C(=O)C(=O)NC1CC1. The predicted octanol–water partition coefficient (Wildman–Crippen LogP) is 2.21. The van der Waals surface area contributed by atoms with Crippen molar-refractivity contribution >= 4 is 41.4 Å². The summed E-state index contributed by atoms with van der Waals surface area (Å²) < 4.78 is 10.8. The number of nitrogens with zero attached hydrogens (tertiary/aromatic N) is 2. The van der Waals surface area contributed by atoms with Crippen molar-refractivity contribution in [3.8, 4) is 5.88 Å². The van der Waals surface area contributed by atoms with Crippen LogP contribution in [0.15, 0.2) is 18.3 Å². The van der Waals surface area contributed by atoms with Crippen LogP contribution < -0.4 is 31.3 Å². The molecule has 0 aromatic carbocycles. The second-order valence-corrected chi connectivity index (χ2v) is 16.2. The van der Waals surface area contributed by atoms with E-state index in [4.69, 9.17) is 4.74 Å². The molecule has 5 N–H and O–H groups in total. The van der Waals surface area contributed by atoms with Crippen molar-refractivity contribution in [3.63, 3.8) is 0 Å². The number of nitrogens with one attached hydrogen (secondary N) is 5. The number of methoxy groups -OCH3 is 1. The first-order valence-corrected chi connectivity index (χ1v) is 19.5. The number of ketones is 1. The molecule has 1 aromatic heterocycles. The highest BCUT2D eigenvalue weighted by atomic mass is 16.5. The van der Waals surface area contributed by atoms with Gasteiger partial charge in [0.1, 0.15) is 30.3 Å². The van der Waals surface area contributed by atoms with Crippen molar-refractivity contribution in [2.45, 2.75) is 148 Å². The normalized spacial score (nSPS) is 20.9. The van der Waals surface area contributed by atoms with Crippen LogP contribution in [0.1, 0.15) is 104 Å². The maximum Gasteiger partial charge on any atom is 0.407 e. The molecule has 0 unspecified atom stereocenters. The first kappa shape index (κ1) is 43.0. The number of alkyl carbamates (subject to hydrolysis) is 1. The molecule has 2 aliphatic carbocycles. The molecule has 1 saturated heterocycles. The van der Waals surface area contributed by atoms with E-state index in [1.54, 1.807) is 33.0 Å². The molecule has 1 aromatic rings. The fourth-order valence-electron chi connectivity index (χ4n) is 7.03. The van der Waals surface area contributed by atoms with Crippen LogP contribution in [0.4, 0.5) is 4.79 Å². The number of hydrogen-bond donors (Lipinski definition) is 5. The topological polar surface area (TPSA) is 214 Å². The average molecular weight is 770 g/mol. The van der Waals surface area contributed by atoms with E-state index in [1.165, 1.54) is 18.9 Å². The van der Waals surface area contributed by atoms with Gasteiger partial charge in [-0.25, -0.2) is 9.78 Å². The third-order valence-electron chi connectivity index (χ3n) is 10.4. The molecule has 16 nitrogen and oxygen atoms in total. The van der Waals surface area contributed by atoms with Gasteiger partial charge >= 0.3 is 6.09 Å². The average Bonchev–Trinajstić information content (AvgIpc) is 3.87. The summed E-state index contributed by atoms with van der Waals surface area (Å²) in [6, 6.07) is -1.88. The second-order valence-electron chi connectivity index (χ2n) is 16.2. The molecular weight excluding hydrogens is 710 g/mol. The number of rotatable bonds is 16. The predicted molar refractivity (Wildman–Crippen MR) is 201 cm³/mol. The van der Waals surface area contributed by atoms with E-state index in [0.29, 0.717) is 25.1 Å². The van der Waals surface area contributed by atoms with Gasteiger partial charge in [0.05, 0.1) is 19.7 Å². The number of Topliss-reactive ketones (excluding diaryl/α,β-unsaturated/α-hetero) is 1. The summed E-state index contributed by atoms with van der Waals surface area (Å²) in [7, 11) is 1.18. The summed E-state index contributed by atoms with van der Waals surface area (Å²) in [5, 5.41) is 13.6. The van der Waals surface area contributed by atoms with Crippen LogP contribution in [0.2, 0.25) is 0 Å². The zero-order valence-electron chi connectivity index (χ0n) is 33.2. The highest BCUT2D eigenvalue weighted by molar-refractivity contribution is 6.38. The zero-order chi connectivity index (χ0) is 40.4. The number of hydrogen-bond acceptors (Lipinski definition) is 10. The third kappa shape index (κ3) is 12.1. The number of pyridine rings is 1. The summed E-state index contributed by atoms with van der Waals surface area (Å²) in [6.07, 6.45) is 6.67. The van der Waals surface area contributed by atoms with Gasteiger partial charge in [-0.2, -0.15) is 0 Å². The monoisotopic (exact) mass is 769 g/mol. The van der Waals surface area contributed by atoms with Crippen molar-refractivity contribution in [2.24, 2.45) is 11.3 Å². The second kappa shape index (κ2) is 19.2. The van der Waals surface area contributed by atoms with Gasteiger partial charge in [-0.3, -0.25) is 28.8 Å². The molecule has 2 heterocycles. The van der Waals surface area contributed by atoms with Crippen LogP contribution in [0.3, 0.4) is 0 Å². The minimum Gasteiger partial charge on any atom is -0.472 e. The molecule has 16 heteroatoms. The Hall–Kier alpha value is -4.76. The lowest BCUT2D eigenvalue weighted by Crippen LogP contribution is -2.62. The van der Waals surface area contributed by atoms with Crippen LogP contribution >= 0.6 is 0 Å². The number of likely N-dealkylation sites (tertiary alicyclic amines) is 1. The maximum absolute atomic E-state index is 14.7. The zero-order valence-corrected chi connectivity index (χ0v) is 33.2. The van der Waals surface area contributed by atoms with Gasteiger partial charge < -0.3 is 41.0 Å². The third-order valence-corrected chi connectivity index (χ3v) is 10.4. The van der Waals surface area contributed by atoms with Crippen molar-refractivity contribution < 1.29 is 43.0 Å². The van der Waals surface area contributed by atoms with E-state index >= 15 is 0 Å². The Morgan fingerprint density at radius 1 is 0.927 bits per heavy atom. The van der Waals surface area contributed by atoms with Crippen molar-refractivity contribution in [2.75, 3.05) is 13.7 Å². The quantitative estimate of drug-likeness (QED) is 0.155. The standard InChI is InChI=1S/C39H59N7O9/c1-8-12-27(31(47)36(51)42-25-16-17-25)43-34(49)28-19-26(55-29-18-15-22(2)20-40-29)21-46(28)37(52)32(39(4,5)6)45-35(50)30(24-13-10-9-11-14-24)44-33(48)23(3)41-38(53)54-7/h15,18,20,23-28,30,32H,8-14,16-17,19,21H2,1-7H3,(H,41,53)(H,42,51)(H,43,49)(H,44,48)(H,45,50)/t23-,26+,27-,28-,30-,32+/m0/s1. The van der Waals surface area contributed by atoms with E-state index in [0.717, 1.165) is 37.7 Å². The molecule has 4 rings (SSSR count). The number of aromatic nitrogens is 1. The molecule has 3 aliphatic rings. The van der Waals surface area contributed by atoms with E-state index < -0.39 is 83.1 Å². The molecule has 1 aliphatic heterocycles. The lowest BCUT2D eigenvalue weighted by Gasteiger charge is -2.37. The minimum absolute atomic E-state index is 0.0248. The van der Waals surface area contributed by atoms with Crippen molar-refractivity contribution in [3.05, 3.63) is 23.9 Å². The van der Waals surface area contributed by atoms with Gasteiger partial charge in [-0.05, 0) is 62.8 Å². The van der Waals surface area contributed by atoms with E-state index in [-0.39, 0.29) is 31.3 Å². The number of amides is 6. The van der Waals surface area contributed by atoms with Gasteiger partial charge in [-0.15, -0.1) is 0 Å². The molecule has 3 fully saturated rings. The summed E-state index contributed by atoms with van der Waals surface area (Å²) in [6.45, 7) is 10.5. The van der Waals surface area contributed by atoms with E-state index in [1.807, 2.05) is 19.9 Å². The fourth-order valence-corrected chi connectivity index (χ4v) is 7.03. The first-order chi connectivity index (χ1) is 26.0. The summed E-state index contributed by atoms with van der Waals surface area (Å²) in [5.41, 5.74) is 0.0547. The summed E-state index contributed by atoms with van der Waals surface area (Å²) >= 11 is 0. The Bertz CT molecular complexity index is 1550. The minimum atomic E-state index is -1.16. The van der Waals surface area contributed by atoms with Crippen LogP contribution in [0, 0.1) is 18.3 Å². The summed E-state index contributed by atoms with van der Waals surface area (Å²) in [5.74, 6) is -3.73. The Kier molecular flexibility index (Phi) is 15.0. The van der Waals surface area contributed by atoms with Gasteiger partial charge in [0.25, 0.3) is 5.91 Å². The van der Waals surface area contributed by atoms with Crippen molar-refractivity contribution in [1.29, 1.82) is 0 Å². The van der Waals surface area contributed by atoms with E-state index in [2.05, 4.69) is 36.3 Å². The molecule has 0 bridgehead atoms. The highest BCUT2D eigenvalue weighted by Gasteiger charge is 2.47. The molecule has 55 heavy (non-hydrogen) atoms. The first-order valence-electron chi connectivity index (χ1n) is 19.5. The Morgan fingerprint density at radius 3 is 2.20 bits per heavy atom. The smallest absolute Gasteiger partial charge is 0.407 e. The van der Waals surface area contributed by atoms with Crippen molar-refractivity contribution in [1.82, 2.24) is 36.5 Å². The molecule has 0 radical (unpaired) electrons. The van der Waals surface area contributed by atoms with Crippen LogP contribution in [0.25, 0.3) is 0 Å². The number of carbonyl (C=O) groups excluding carboxylic acids is 7. The lowest BCUT2D eigenvalue weighted by molar-refractivity contribution is -0.145. The number of aryl methyl sites for hydroxylation is 1. The number of carbonyl (C=O) groups is 7. The molecule has 6 atom stereocenters. The van der Waals surface area contributed by atoms with Crippen LogP contribution in [-0.2, 0) is 33.5 Å². The van der Waals surface area contributed by atoms with Gasteiger partial charge in [-0.1, -0.05) is 59.4 Å². The van der Waals surface area contributed by atoms with Gasteiger partial charge in [0, 0.05) is 24.7 Å². The van der Waals surface area contributed by atoms with Gasteiger partial charge in [0.2, 0.25) is 35.3 Å². The Morgan fingerprint density at radius 2 is 1.62 bits per heavy atom. The Balaban J connectivity index is 1.60. The summed E-state index contributed by atoms with van der Waals surface area (Å²) in [4.78, 5) is 99.7. The largest absolute Gasteiger partial charge is 0.472 e. The van der Waals surface area contributed by atoms with Gasteiger partial charge in [0.15, 0.2) is 0 Å². The van der Waals surface area contributed by atoms with E-state index in [9.17, 15) is 33.6 Å². The Labute approximate surface area is 323 Å². The lowest BCUT2D eigenvalue weighted by atomic mass is 9.82. The molecular formula is C39H59N7O9. The number of ether oxygens (including phenoxy) is 2. The molecule has 304 valence electrons. The molecule has 2 saturated carbocycles.